The van der Waals surface area contributed by atoms with Crippen LogP contribution in [0.3, 0.4) is 0 Å². The van der Waals surface area contributed by atoms with Gasteiger partial charge in [0, 0.05) is 0 Å². The lowest BCUT2D eigenvalue weighted by atomic mass is 9.71. The number of carbonyl (C=O) groups excluding carboxylic acids is 2. The van der Waals surface area contributed by atoms with E-state index in [4.69, 9.17) is 0 Å². The summed E-state index contributed by atoms with van der Waals surface area (Å²) < 4.78 is 0. The molecule has 0 aromatic heterocycles. The van der Waals surface area contributed by atoms with Crippen molar-refractivity contribution in [1.29, 1.82) is 0 Å². The summed E-state index contributed by atoms with van der Waals surface area (Å²) in [5.41, 5.74) is 2.20. The minimum Gasteiger partial charge on any atom is -0.330 e. The van der Waals surface area contributed by atoms with Crippen LogP contribution in [-0.4, -0.2) is 18.0 Å². The highest BCUT2D eigenvalue weighted by molar-refractivity contribution is 6.00. The second-order valence-corrected chi connectivity index (χ2v) is 5.71. The summed E-state index contributed by atoms with van der Waals surface area (Å²) in [6, 6.07) is -0.600. The van der Waals surface area contributed by atoms with Crippen LogP contribution >= 0.6 is 0 Å². The molecule has 4 nitrogen and oxygen atoms in total. The fourth-order valence-corrected chi connectivity index (χ4v) is 2.54. The first kappa shape index (κ1) is 12.9. The van der Waals surface area contributed by atoms with E-state index in [0.717, 1.165) is 17.6 Å². The molecule has 0 bridgehead atoms. The summed E-state index contributed by atoms with van der Waals surface area (Å²) >= 11 is 0. The van der Waals surface area contributed by atoms with E-state index in [1.165, 1.54) is 0 Å². The maximum Gasteiger partial charge on any atom is 0.321 e. The van der Waals surface area contributed by atoms with E-state index in [2.05, 4.69) is 37.5 Å². The van der Waals surface area contributed by atoms with Crippen LogP contribution in [0, 0.1) is 11.3 Å². The Labute approximate surface area is 108 Å². The zero-order valence-electron chi connectivity index (χ0n) is 11.3. The Morgan fingerprint density at radius 1 is 1.33 bits per heavy atom. The number of allylic oxidation sites excluding steroid dienone is 2. The highest BCUT2D eigenvalue weighted by Crippen LogP contribution is 2.39. The van der Waals surface area contributed by atoms with Crippen molar-refractivity contribution in [3.63, 3.8) is 0 Å². The normalized spacial score (nSPS) is 27.8. The van der Waals surface area contributed by atoms with Crippen LogP contribution in [-0.2, 0) is 4.79 Å². The Kier molecular flexibility index (Phi) is 3.05. The number of amides is 3. The topological polar surface area (TPSA) is 58.2 Å². The van der Waals surface area contributed by atoms with Gasteiger partial charge in [0.15, 0.2) is 0 Å². The van der Waals surface area contributed by atoms with E-state index >= 15 is 0 Å². The van der Waals surface area contributed by atoms with Crippen molar-refractivity contribution >= 4 is 11.9 Å². The van der Waals surface area contributed by atoms with Gasteiger partial charge >= 0.3 is 6.03 Å². The number of rotatable bonds is 2. The number of imide groups is 1. The van der Waals surface area contributed by atoms with Crippen LogP contribution in [0.2, 0.25) is 0 Å². The lowest BCUT2D eigenvalue weighted by Crippen LogP contribution is -2.60. The molecule has 0 aromatic carbocycles. The Balaban J connectivity index is 2.43. The molecule has 0 saturated carbocycles. The molecule has 2 aliphatic rings. The van der Waals surface area contributed by atoms with Crippen molar-refractivity contribution < 1.29 is 9.59 Å². The minimum atomic E-state index is -0.396. The molecule has 4 heteroatoms. The largest absolute Gasteiger partial charge is 0.330 e. The second-order valence-electron chi connectivity index (χ2n) is 5.71. The number of carbonyl (C=O) groups is 2. The molecule has 3 amide bonds. The smallest absolute Gasteiger partial charge is 0.321 e. The Morgan fingerprint density at radius 2 is 2.00 bits per heavy atom. The molecule has 1 heterocycles. The first-order chi connectivity index (χ1) is 8.35. The van der Waals surface area contributed by atoms with Gasteiger partial charge in [-0.25, -0.2) is 4.79 Å². The van der Waals surface area contributed by atoms with Crippen molar-refractivity contribution in [2.24, 2.45) is 11.3 Å². The van der Waals surface area contributed by atoms with Gasteiger partial charge in [0.25, 0.3) is 0 Å². The molecular formula is C14H20N2O2. The third kappa shape index (κ3) is 2.07. The molecule has 98 valence electrons. The molecule has 1 saturated heterocycles. The number of fused-ring (bicyclic) bond motifs is 1. The van der Waals surface area contributed by atoms with Crippen molar-refractivity contribution in [2.75, 3.05) is 0 Å². The molecule has 18 heavy (non-hydrogen) atoms. The Bertz CT molecular complexity index is 460. The van der Waals surface area contributed by atoms with Gasteiger partial charge in [-0.2, -0.15) is 0 Å². The molecular weight excluding hydrogens is 228 g/mol. The van der Waals surface area contributed by atoms with E-state index in [0.29, 0.717) is 0 Å². The predicted molar refractivity (Wildman–Crippen MR) is 69.9 cm³/mol. The zero-order chi connectivity index (χ0) is 13.5. The van der Waals surface area contributed by atoms with E-state index in [1.54, 1.807) is 0 Å². The van der Waals surface area contributed by atoms with Crippen LogP contribution in [0.25, 0.3) is 0 Å². The highest BCUT2D eigenvalue weighted by Gasteiger charge is 2.41. The third-order valence-electron chi connectivity index (χ3n) is 4.01. The summed E-state index contributed by atoms with van der Waals surface area (Å²) in [6.07, 6.45) is 4.99. The quantitative estimate of drug-likeness (QED) is 0.786. The number of urea groups is 1. The van der Waals surface area contributed by atoms with Crippen molar-refractivity contribution in [1.82, 2.24) is 10.6 Å². The first-order valence-corrected chi connectivity index (χ1v) is 6.37. The van der Waals surface area contributed by atoms with Gasteiger partial charge in [-0.05, 0) is 24.3 Å². The molecule has 0 spiro atoms. The SMILES string of the molecule is CCC(C)(C)C1=CC(C)=CC2C(=O)NC(=O)NC12. The molecule has 2 N–H and O–H groups in total. The zero-order valence-corrected chi connectivity index (χ0v) is 11.3. The van der Waals surface area contributed by atoms with Crippen LogP contribution in [0.4, 0.5) is 4.79 Å². The average Bonchev–Trinajstić information content (AvgIpc) is 2.29. The highest BCUT2D eigenvalue weighted by atomic mass is 16.2. The van der Waals surface area contributed by atoms with E-state index < -0.39 is 6.03 Å². The number of hydrogen-bond donors (Lipinski definition) is 2. The van der Waals surface area contributed by atoms with Gasteiger partial charge in [0.05, 0.1) is 12.0 Å². The summed E-state index contributed by atoms with van der Waals surface area (Å²) in [5.74, 6) is -0.492. The summed E-state index contributed by atoms with van der Waals surface area (Å²) in [5, 5.41) is 5.20. The monoisotopic (exact) mass is 248 g/mol. The fraction of sp³-hybridized carbons (Fsp3) is 0.571. The Hall–Kier alpha value is -1.58. The number of hydrogen-bond acceptors (Lipinski definition) is 2. The fourth-order valence-electron chi connectivity index (χ4n) is 2.54. The van der Waals surface area contributed by atoms with Crippen molar-refractivity contribution in [3.05, 3.63) is 23.3 Å². The molecule has 0 aromatic rings. The third-order valence-corrected chi connectivity index (χ3v) is 4.01. The number of nitrogens with one attached hydrogen (secondary N) is 2. The molecule has 2 rings (SSSR count). The molecule has 1 aliphatic heterocycles. The summed E-state index contributed by atoms with van der Waals surface area (Å²) in [4.78, 5) is 23.4. The molecule has 1 fully saturated rings. The standard InChI is InChI=1S/C14H20N2O2/c1-5-14(3,4)10-7-8(2)6-9-11(10)15-13(18)16-12(9)17/h6-7,9,11H,5H2,1-4H3,(H2,15,16,17,18). The lowest BCUT2D eigenvalue weighted by molar-refractivity contribution is -0.124. The van der Waals surface area contributed by atoms with Crippen LogP contribution < -0.4 is 10.6 Å². The second kappa shape index (κ2) is 4.26. The predicted octanol–water partition coefficient (Wildman–Crippen LogP) is 2.13. The van der Waals surface area contributed by atoms with Gasteiger partial charge in [-0.1, -0.05) is 38.5 Å². The van der Waals surface area contributed by atoms with Gasteiger partial charge in [0.2, 0.25) is 5.91 Å². The maximum atomic E-state index is 11.9. The molecule has 0 radical (unpaired) electrons. The van der Waals surface area contributed by atoms with E-state index in [9.17, 15) is 9.59 Å². The first-order valence-electron chi connectivity index (χ1n) is 6.37. The minimum absolute atomic E-state index is 0.0245. The summed E-state index contributed by atoms with van der Waals surface area (Å²) in [6.45, 7) is 8.40. The molecule has 2 unspecified atom stereocenters. The van der Waals surface area contributed by atoms with Gasteiger partial charge in [0.1, 0.15) is 0 Å². The Morgan fingerprint density at radius 3 is 2.61 bits per heavy atom. The van der Waals surface area contributed by atoms with Crippen LogP contribution in [0.1, 0.15) is 34.1 Å². The van der Waals surface area contributed by atoms with E-state index in [-0.39, 0.29) is 23.3 Å². The maximum absolute atomic E-state index is 11.9. The molecule has 1 aliphatic carbocycles. The molecule has 2 atom stereocenters. The van der Waals surface area contributed by atoms with Crippen LogP contribution in [0.5, 0.6) is 0 Å². The van der Waals surface area contributed by atoms with Crippen molar-refractivity contribution in [2.45, 2.75) is 40.2 Å². The van der Waals surface area contributed by atoms with Crippen molar-refractivity contribution in [3.8, 4) is 0 Å². The summed E-state index contributed by atoms with van der Waals surface area (Å²) in [7, 11) is 0. The van der Waals surface area contributed by atoms with Crippen LogP contribution in [0.15, 0.2) is 23.3 Å². The van der Waals surface area contributed by atoms with Gasteiger partial charge in [-0.3, -0.25) is 10.1 Å². The van der Waals surface area contributed by atoms with E-state index in [1.807, 2.05) is 13.0 Å². The average molecular weight is 248 g/mol. The van der Waals surface area contributed by atoms with Gasteiger partial charge < -0.3 is 5.32 Å². The lowest BCUT2D eigenvalue weighted by Gasteiger charge is -2.40. The van der Waals surface area contributed by atoms with Gasteiger partial charge in [-0.15, -0.1) is 0 Å².